The van der Waals surface area contributed by atoms with Crippen molar-refractivity contribution in [3.8, 4) is 5.75 Å². The van der Waals surface area contributed by atoms with E-state index < -0.39 is 23.5 Å². The Hall–Kier alpha value is -2.86. The van der Waals surface area contributed by atoms with Gasteiger partial charge in [-0.1, -0.05) is 11.6 Å². The second-order valence-electron chi connectivity index (χ2n) is 8.00. The summed E-state index contributed by atoms with van der Waals surface area (Å²) in [7, 11) is 0. The van der Waals surface area contributed by atoms with E-state index in [-0.39, 0.29) is 22.9 Å². The first kappa shape index (κ1) is 21.4. The molecule has 0 spiro atoms. The molecule has 0 saturated heterocycles. The van der Waals surface area contributed by atoms with Crippen molar-refractivity contribution in [2.75, 3.05) is 0 Å². The molecule has 1 atom stereocenters. The topological polar surface area (TPSA) is 68.5 Å². The maximum absolute atomic E-state index is 15.1. The maximum Gasteiger partial charge on any atom is 0.313 e. The minimum absolute atomic E-state index is 0.0516. The normalized spacial score (nSPS) is 15.4. The number of carbonyl (C=O) groups is 2. The fraction of sp³-hybridized carbons (Fsp3) is 0.333. The van der Waals surface area contributed by atoms with Gasteiger partial charge in [-0.25, -0.2) is 4.39 Å². The van der Waals surface area contributed by atoms with Gasteiger partial charge in [0.1, 0.15) is 6.10 Å². The molecule has 5 nitrogen and oxygen atoms in total. The van der Waals surface area contributed by atoms with Gasteiger partial charge in [0.25, 0.3) is 5.91 Å². The number of ether oxygens (including phenoxy) is 1. The summed E-state index contributed by atoms with van der Waals surface area (Å²) in [6, 6.07) is 9.06. The second-order valence-corrected chi connectivity index (χ2v) is 8.44. The molecule has 3 aromatic rings. The minimum atomic E-state index is -0.862. The number of fused-ring (bicyclic) bond motifs is 1. The van der Waals surface area contributed by atoms with Crippen molar-refractivity contribution in [2.45, 2.75) is 51.6 Å². The predicted molar refractivity (Wildman–Crippen MR) is 116 cm³/mol. The van der Waals surface area contributed by atoms with E-state index in [0.717, 1.165) is 25.7 Å². The van der Waals surface area contributed by atoms with Crippen LogP contribution in [0.1, 0.15) is 60.1 Å². The van der Waals surface area contributed by atoms with E-state index in [9.17, 15) is 14.7 Å². The smallest absolute Gasteiger partial charge is 0.313 e. The molecule has 0 amide bonds. The highest BCUT2D eigenvalue weighted by Crippen LogP contribution is 2.38. The van der Waals surface area contributed by atoms with Gasteiger partial charge in [0, 0.05) is 21.7 Å². The molecule has 0 radical (unpaired) electrons. The van der Waals surface area contributed by atoms with Crippen LogP contribution >= 0.6 is 11.6 Å². The number of hydrogen-bond donors (Lipinski definition) is 1. The average Bonchev–Trinajstić information content (AvgIpc) is 3.36. The van der Waals surface area contributed by atoms with Crippen LogP contribution < -0.4 is 0 Å². The number of nitrogens with zero attached hydrogens (tertiary/aromatic N) is 1. The lowest BCUT2D eigenvalue weighted by atomic mass is 9.97. The van der Waals surface area contributed by atoms with Gasteiger partial charge < -0.3 is 9.84 Å². The highest BCUT2D eigenvalue weighted by atomic mass is 35.5. The van der Waals surface area contributed by atoms with Crippen LogP contribution in [0.25, 0.3) is 10.9 Å². The number of hydrogen-bond acceptors (Lipinski definition) is 4. The van der Waals surface area contributed by atoms with Crippen molar-refractivity contribution >= 4 is 34.4 Å². The lowest BCUT2D eigenvalue weighted by Crippen LogP contribution is -2.20. The highest BCUT2D eigenvalue weighted by Gasteiger charge is 2.31. The first-order valence-electron chi connectivity index (χ1n) is 10.3. The summed E-state index contributed by atoms with van der Waals surface area (Å²) in [6.07, 6.45) is 3.55. The van der Waals surface area contributed by atoms with Gasteiger partial charge in [-0.05, 0) is 81.5 Å². The fourth-order valence-electron chi connectivity index (χ4n) is 4.38. The molecule has 162 valence electrons. The van der Waals surface area contributed by atoms with E-state index in [0.29, 0.717) is 21.8 Å². The Kier molecular flexibility index (Phi) is 5.75. The number of carbonyl (C=O) groups excluding carboxylic acids is 2. The molecule has 0 bridgehead atoms. The zero-order valence-corrected chi connectivity index (χ0v) is 18.1. The van der Waals surface area contributed by atoms with Crippen LogP contribution in [0.4, 0.5) is 4.39 Å². The van der Waals surface area contributed by atoms with Crippen molar-refractivity contribution in [1.82, 2.24) is 4.57 Å². The molecule has 4 rings (SSSR count). The van der Waals surface area contributed by atoms with Crippen molar-refractivity contribution < 1.29 is 23.8 Å². The Morgan fingerprint density at radius 2 is 1.81 bits per heavy atom. The van der Waals surface area contributed by atoms with Crippen molar-refractivity contribution in [3.63, 3.8) is 0 Å². The minimum Gasteiger partial charge on any atom is -0.505 e. The quantitative estimate of drug-likeness (QED) is 0.523. The van der Waals surface area contributed by atoms with Gasteiger partial charge in [0.15, 0.2) is 11.6 Å². The largest absolute Gasteiger partial charge is 0.505 e. The van der Waals surface area contributed by atoms with Crippen molar-refractivity contribution in [1.29, 1.82) is 0 Å². The molecule has 1 aliphatic rings. The van der Waals surface area contributed by atoms with Crippen LogP contribution in [-0.4, -0.2) is 27.7 Å². The molecular weight excluding hydrogens is 421 g/mol. The highest BCUT2D eigenvalue weighted by molar-refractivity contribution is 6.30. The number of phenols is 1. The van der Waals surface area contributed by atoms with Gasteiger partial charge in [-0.15, -0.1) is 0 Å². The van der Waals surface area contributed by atoms with E-state index in [1.807, 2.05) is 0 Å². The number of halogens is 2. The molecule has 1 aromatic heterocycles. The molecule has 1 fully saturated rings. The van der Waals surface area contributed by atoms with Crippen LogP contribution in [0.5, 0.6) is 5.75 Å². The number of esters is 1. The zero-order chi connectivity index (χ0) is 22.3. The third-order valence-corrected chi connectivity index (χ3v) is 6.25. The van der Waals surface area contributed by atoms with Gasteiger partial charge in [0.2, 0.25) is 0 Å². The molecule has 1 aliphatic carbocycles. The zero-order valence-electron chi connectivity index (χ0n) is 17.3. The summed E-state index contributed by atoms with van der Waals surface area (Å²) in [5.74, 6) is -3.05. The predicted octanol–water partition coefficient (Wildman–Crippen LogP) is 5.73. The second kappa shape index (κ2) is 8.35. The first-order chi connectivity index (χ1) is 14.8. The third kappa shape index (κ3) is 3.81. The number of aromatic nitrogens is 1. The van der Waals surface area contributed by atoms with Gasteiger partial charge in [-0.3, -0.25) is 14.2 Å². The Balaban J connectivity index is 1.84. The van der Waals surface area contributed by atoms with Crippen LogP contribution in [0.15, 0.2) is 36.4 Å². The SMILES string of the molecule is Cc1c(C(C)C(=O)OC2CCCC2)c2c(F)c(O)ccc2n1C(=O)c1ccc(Cl)cc1. The Morgan fingerprint density at radius 3 is 2.45 bits per heavy atom. The van der Waals surface area contributed by atoms with E-state index in [1.54, 1.807) is 38.1 Å². The summed E-state index contributed by atoms with van der Waals surface area (Å²) in [5.41, 5.74) is 1.41. The standard InChI is InChI=1S/C24H23ClFNO4/c1-13(24(30)31-17-5-3-4-6-17)20-14(2)27(18-11-12-19(28)22(26)21(18)20)23(29)15-7-9-16(25)10-8-15/h7-13,17,28H,3-6H2,1-2H3. The fourth-order valence-corrected chi connectivity index (χ4v) is 4.51. The van der Waals surface area contributed by atoms with Crippen LogP contribution in [0.2, 0.25) is 5.02 Å². The number of phenolic OH excluding ortho intramolecular Hbond substituents is 1. The molecule has 1 saturated carbocycles. The summed E-state index contributed by atoms with van der Waals surface area (Å²) in [6.45, 7) is 3.30. The number of aromatic hydroxyl groups is 1. The summed E-state index contributed by atoms with van der Waals surface area (Å²) < 4.78 is 22.1. The average molecular weight is 444 g/mol. The lowest BCUT2D eigenvalue weighted by molar-refractivity contribution is -0.150. The van der Waals surface area contributed by atoms with Gasteiger partial charge >= 0.3 is 5.97 Å². The Bertz CT molecular complexity index is 1160. The third-order valence-electron chi connectivity index (χ3n) is 6.00. The molecule has 1 N–H and O–H groups in total. The molecule has 31 heavy (non-hydrogen) atoms. The van der Waals surface area contributed by atoms with E-state index >= 15 is 4.39 Å². The first-order valence-corrected chi connectivity index (χ1v) is 10.7. The van der Waals surface area contributed by atoms with Crippen LogP contribution in [0, 0.1) is 12.7 Å². The molecule has 1 heterocycles. The van der Waals surface area contributed by atoms with Gasteiger partial charge in [0.05, 0.1) is 11.4 Å². The molecule has 2 aromatic carbocycles. The molecule has 0 aliphatic heterocycles. The Labute approximate surface area is 184 Å². The number of rotatable bonds is 4. The molecular formula is C24H23ClFNO4. The van der Waals surface area contributed by atoms with Gasteiger partial charge in [-0.2, -0.15) is 0 Å². The van der Waals surface area contributed by atoms with E-state index in [4.69, 9.17) is 16.3 Å². The summed E-state index contributed by atoms with van der Waals surface area (Å²) >= 11 is 5.93. The summed E-state index contributed by atoms with van der Waals surface area (Å²) in [4.78, 5) is 26.2. The van der Waals surface area contributed by atoms with Crippen molar-refractivity contribution in [2.24, 2.45) is 0 Å². The molecule has 7 heteroatoms. The number of benzene rings is 2. The van der Waals surface area contributed by atoms with Crippen LogP contribution in [0.3, 0.4) is 0 Å². The molecule has 1 unspecified atom stereocenters. The van der Waals surface area contributed by atoms with E-state index in [1.165, 1.54) is 16.7 Å². The Morgan fingerprint density at radius 1 is 1.16 bits per heavy atom. The maximum atomic E-state index is 15.1. The lowest BCUT2D eigenvalue weighted by Gasteiger charge is -2.17. The monoisotopic (exact) mass is 443 g/mol. The van der Waals surface area contributed by atoms with Crippen molar-refractivity contribution in [3.05, 3.63) is 64.1 Å². The van der Waals surface area contributed by atoms with Crippen LogP contribution in [-0.2, 0) is 9.53 Å². The van der Waals surface area contributed by atoms with E-state index in [2.05, 4.69) is 0 Å². The summed E-state index contributed by atoms with van der Waals surface area (Å²) in [5, 5.41) is 10.5.